The molecule has 4 nitrogen and oxygen atoms in total. The number of rotatable bonds is 7. The summed E-state index contributed by atoms with van der Waals surface area (Å²) < 4.78 is 7.95. The summed E-state index contributed by atoms with van der Waals surface area (Å²) in [7, 11) is 0. The molecule has 150 valence electrons. The van der Waals surface area contributed by atoms with Crippen LogP contribution in [0.1, 0.15) is 48.2 Å². The predicted octanol–water partition coefficient (Wildman–Crippen LogP) is 5.32. The second kappa shape index (κ2) is 8.99. The third-order valence-corrected chi connectivity index (χ3v) is 5.62. The highest BCUT2D eigenvalue weighted by Gasteiger charge is 2.22. The number of nitrogens with one attached hydrogen (secondary N) is 1. The van der Waals surface area contributed by atoms with Crippen LogP contribution in [0.25, 0.3) is 10.9 Å². The van der Waals surface area contributed by atoms with Gasteiger partial charge in [-0.15, -0.1) is 0 Å². The number of carbonyl (C=O) groups is 1. The summed E-state index contributed by atoms with van der Waals surface area (Å²) in [6.45, 7) is 4.81. The van der Waals surface area contributed by atoms with E-state index in [1.165, 1.54) is 19.3 Å². The molecule has 1 aliphatic rings. The molecule has 4 rings (SSSR count). The summed E-state index contributed by atoms with van der Waals surface area (Å²) in [4.78, 5) is 13.2. The molecule has 2 aromatic carbocycles. The summed E-state index contributed by atoms with van der Waals surface area (Å²) in [6, 6.07) is 18.5. The number of carbonyl (C=O) groups excluding carboxylic acids is 1. The van der Waals surface area contributed by atoms with Crippen LogP contribution in [0, 0.1) is 0 Å². The summed E-state index contributed by atoms with van der Waals surface area (Å²) in [6.07, 6.45) is 7.52. The zero-order chi connectivity index (χ0) is 20.1. The highest BCUT2D eigenvalue weighted by molar-refractivity contribution is 6.00. The quantitative estimate of drug-likeness (QED) is 0.557. The van der Waals surface area contributed by atoms with Gasteiger partial charge in [0.15, 0.2) is 0 Å². The highest BCUT2D eigenvalue weighted by Crippen LogP contribution is 2.30. The lowest BCUT2D eigenvalue weighted by Crippen LogP contribution is -2.37. The molecule has 0 saturated heterocycles. The second-order valence-corrected chi connectivity index (χ2v) is 7.70. The molecule has 1 aromatic heterocycles. The molecule has 1 saturated carbocycles. The fourth-order valence-electron chi connectivity index (χ4n) is 4.16. The summed E-state index contributed by atoms with van der Waals surface area (Å²) in [5.74, 6) is 0.777. The van der Waals surface area contributed by atoms with Crippen molar-refractivity contribution < 1.29 is 9.53 Å². The van der Waals surface area contributed by atoms with Gasteiger partial charge in [0.25, 0.3) is 5.91 Å². The Labute approximate surface area is 172 Å². The molecule has 0 bridgehead atoms. The number of ether oxygens (including phenoxy) is 1. The van der Waals surface area contributed by atoms with E-state index in [1.54, 1.807) is 6.08 Å². The molecule has 1 N–H and O–H groups in total. The first-order chi connectivity index (χ1) is 14.3. The molecule has 0 aliphatic heterocycles. The van der Waals surface area contributed by atoms with Gasteiger partial charge in [-0.25, -0.2) is 0 Å². The Balaban J connectivity index is 1.72. The topological polar surface area (TPSA) is 43.3 Å². The summed E-state index contributed by atoms with van der Waals surface area (Å²) in [5.41, 5.74) is 2.85. The zero-order valence-corrected chi connectivity index (χ0v) is 16.8. The van der Waals surface area contributed by atoms with Crippen molar-refractivity contribution in [1.29, 1.82) is 0 Å². The van der Waals surface area contributed by atoms with Gasteiger partial charge in [-0.05, 0) is 36.6 Å². The van der Waals surface area contributed by atoms with Gasteiger partial charge in [0.05, 0.1) is 5.52 Å². The maximum Gasteiger partial charge on any atom is 0.268 e. The lowest BCUT2D eigenvalue weighted by Gasteiger charge is -2.23. The number of aromatic nitrogens is 1. The fraction of sp³-hybridized carbons (Fsp3) is 0.320. The van der Waals surface area contributed by atoms with Crippen LogP contribution >= 0.6 is 0 Å². The largest absolute Gasteiger partial charge is 0.489 e. The molecule has 29 heavy (non-hydrogen) atoms. The smallest absolute Gasteiger partial charge is 0.268 e. The Morgan fingerprint density at radius 1 is 1.10 bits per heavy atom. The minimum absolute atomic E-state index is 0.00120. The van der Waals surface area contributed by atoms with E-state index in [0.29, 0.717) is 18.8 Å². The van der Waals surface area contributed by atoms with Crippen LogP contribution in [-0.2, 0) is 6.54 Å². The monoisotopic (exact) mass is 388 g/mol. The molecule has 4 heteroatoms. The van der Waals surface area contributed by atoms with E-state index in [2.05, 4.69) is 34.7 Å². The Morgan fingerprint density at radius 3 is 2.66 bits per heavy atom. The highest BCUT2D eigenvalue weighted by atomic mass is 16.5. The van der Waals surface area contributed by atoms with Gasteiger partial charge in [-0.2, -0.15) is 0 Å². The van der Waals surface area contributed by atoms with Crippen molar-refractivity contribution in [2.45, 2.75) is 44.7 Å². The van der Waals surface area contributed by atoms with E-state index < -0.39 is 0 Å². The summed E-state index contributed by atoms with van der Waals surface area (Å²) >= 11 is 0. The van der Waals surface area contributed by atoms with Crippen LogP contribution in [0.5, 0.6) is 5.75 Å². The van der Waals surface area contributed by atoms with E-state index in [9.17, 15) is 4.79 Å². The van der Waals surface area contributed by atoms with E-state index >= 15 is 0 Å². The third kappa shape index (κ3) is 4.37. The number of fused-ring (bicyclic) bond motifs is 1. The molecule has 0 unspecified atom stereocenters. The van der Waals surface area contributed by atoms with Crippen LogP contribution in [0.4, 0.5) is 0 Å². The van der Waals surface area contributed by atoms with Crippen molar-refractivity contribution in [2.75, 3.05) is 6.61 Å². The van der Waals surface area contributed by atoms with Gasteiger partial charge in [-0.1, -0.05) is 68.3 Å². The van der Waals surface area contributed by atoms with Crippen LogP contribution in [0.2, 0.25) is 0 Å². The minimum atomic E-state index is -0.00120. The van der Waals surface area contributed by atoms with Gasteiger partial charge < -0.3 is 14.6 Å². The number of amides is 1. The Kier molecular flexibility index (Phi) is 5.99. The zero-order valence-electron chi connectivity index (χ0n) is 16.8. The lowest BCUT2D eigenvalue weighted by molar-refractivity contribution is 0.0919. The Bertz CT molecular complexity index is 985. The lowest BCUT2D eigenvalue weighted by atomic mass is 9.95. The Hall–Kier alpha value is -3.01. The van der Waals surface area contributed by atoms with Gasteiger partial charge in [-0.3, -0.25) is 4.79 Å². The molecule has 0 spiro atoms. The van der Waals surface area contributed by atoms with Crippen molar-refractivity contribution in [3.05, 3.63) is 78.5 Å². The van der Waals surface area contributed by atoms with Crippen molar-refractivity contribution in [3.63, 3.8) is 0 Å². The molecular formula is C25H28N2O2. The van der Waals surface area contributed by atoms with Crippen molar-refractivity contribution in [1.82, 2.24) is 9.88 Å². The van der Waals surface area contributed by atoms with Crippen LogP contribution in [0.3, 0.4) is 0 Å². The number of benzene rings is 2. The van der Waals surface area contributed by atoms with Crippen molar-refractivity contribution >= 4 is 16.8 Å². The number of hydrogen-bond acceptors (Lipinski definition) is 2. The normalized spacial score (nSPS) is 14.6. The van der Waals surface area contributed by atoms with Crippen LogP contribution < -0.4 is 10.1 Å². The first-order valence-electron chi connectivity index (χ1n) is 10.5. The third-order valence-electron chi connectivity index (χ3n) is 5.62. The SMILES string of the molecule is C=CCOc1cccc2c1cc(C(=O)NC1CCCCC1)n2Cc1ccccc1. The minimum Gasteiger partial charge on any atom is -0.489 e. The van der Waals surface area contributed by atoms with Gasteiger partial charge in [0, 0.05) is 18.0 Å². The number of nitrogens with zero attached hydrogens (tertiary/aromatic N) is 1. The molecule has 1 fully saturated rings. The second-order valence-electron chi connectivity index (χ2n) is 7.70. The molecule has 1 heterocycles. The van der Waals surface area contributed by atoms with Crippen molar-refractivity contribution in [3.8, 4) is 5.75 Å². The van der Waals surface area contributed by atoms with Crippen molar-refractivity contribution in [2.24, 2.45) is 0 Å². The molecule has 0 radical (unpaired) electrons. The summed E-state index contributed by atoms with van der Waals surface area (Å²) in [5, 5.41) is 4.23. The number of hydrogen-bond donors (Lipinski definition) is 1. The maximum atomic E-state index is 13.2. The van der Waals surface area contributed by atoms with Gasteiger partial charge >= 0.3 is 0 Å². The Morgan fingerprint density at radius 2 is 1.90 bits per heavy atom. The fourth-order valence-corrected chi connectivity index (χ4v) is 4.16. The first kappa shape index (κ1) is 19.3. The first-order valence-corrected chi connectivity index (χ1v) is 10.5. The van der Waals surface area contributed by atoms with E-state index in [1.807, 2.05) is 36.4 Å². The van der Waals surface area contributed by atoms with E-state index in [-0.39, 0.29) is 11.9 Å². The molecule has 1 amide bonds. The van der Waals surface area contributed by atoms with E-state index in [4.69, 9.17) is 4.74 Å². The molecular weight excluding hydrogens is 360 g/mol. The maximum absolute atomic E-state index is 13.2. The average Bonchev–Trinajstić information content (AvgIpc) is 3.13. The van der Waals surface area contributed by atoms with Crippen LogP contribution in [-0.4, -0.2) is 23.1 Å². The standard InChI is InChI=1S/C25H28N2O2/c1-2-16-29-24-15-9-14-22-21(24)17-23(25(28)26-20-12-7-4-8-13-20)27(22)18-19-10-5-3-6-11-19/h2-3,5-6,9-11,14-15,17,20H,1,4,7-8,12-13,16,18H2,(H,26,28). The van der Waals surface area contributed by atoms with Gasteiger partial charge in [0.2, 0.25) is 0 Å². The molecule has 1 aliphatic carbocycles. The average molecular weight is 389 g/mol. The van der Waals surface area contributed by atoms with Crippen LogP contribution in [0.15, 0.2) is 67.3 Å². The van der Waals surface area contributed by atoms with E-state index in [0.717, 1.165) is 35.1 Å². The molecule has 3 aromatic rings. The predicted molar refractivity (Wildman–Crippen MR) is 118 cm³/mol. The van der Waals surface area contributed by atoms with Gasteiger partial charge in [0.1, 0.15) is 18.1 Å². The molecule has 0 atom stereocenters.